The van der Waals surface area contributed by atoms with Gasteiger partial charge >= 0.3 is 0 Å². The van der Waals surface area contributed by atoms with Crippen LogP contribution in [-0.4, -0.2) is 13.2 Å². The molecule has 112 valence electrons. The van der Waals surface area contributed by atoms with Gasteiger partial charge in [-0.3, -0.25) is 0 Å². The number of unbranched alkanes of at least 4 members (excludes halogenated alkanes) is 1. The van der Waals surface area contributed by atoms with Crippen molar-refractivity contribution in [3.8, 4) is 0 Å². The van der Waals surface area contributed by atoms with Gasteiger partial charge in [0.15, 0.2) is 6.29 Å². The first-order chi connectivity index (χ1) is 9.65. The van der Waals surface area contributed by atoms with Gasteiger partial charge in [0.25, 0.3) is 0 Å². The number of hydrogen-bond acceptors (Lipinski definition) is 2. The Morgan fingerprint density at radius 1 is 1.15 bits per heavy atom. The maximum absolute atomic E-state index is 13.5. The average molecular weight is 288 g/mol. The molecule has 0 atom stereocenters. The van der Waals surface area contributed by atoms with Crippen LogP contribution in [0.1, 0.15) is 43.6 Å². The van der Waals surface area contributed by atoms with Crippen molar-refractivity contribution in [1.29, 1.82) is 0 Å². The Bertz CT molecular complexity index is 420. The maximum Gasteiger partial charge on any atom is 0.184 e. The smallest absolute Gasteiger partial charge is 0.184 e. The van der Waals surface area contributed by atoms with Crippen LogP contribution < -0.4 is 0 Å². The van der Waals surface area contributed by atoms with Crippen molar-refractivity contribution in [2.75, 3.05) is 13.2 Å². The zero-order valence-electron chi connectivity index (χ0n) is 11.5. The highest BCUT2D eigenvalue weighted by molar-refractivity contribution is 5.26. The van der Waals surface area contributed by atoms with E-state index in [1.54, 1.807) is 0 Å². The Labute approximate surface area is 116 Å². The highest BCUT2D eigenvalue weighted by atomic mass is 19.1. The van der Waals surface area contributed by atoms with Gasteiger partial charge in [-0.15, -0.1) is 0 Å². The fraction of sp³-hybridized carbons (Fsp3) is 0.600. The second kappa shape index (κ2) is 7.09. The molecule has 1 aromatic rings. The monoisotopic (exact) mass is 288 g/mol. The molecule has 1 heterocycles. The van der Waals surface area contributed by atoms with Crippen LogP contribution in [0.3, 0.4) is 0 Å². The van der Waals surface area contributed by atoms with Gasteiger partial charge in [-0.05, 0) is 18.6 Å². The Kier molecular flexibility index (Phi) is 5.43. The van der Waals surface area contributed by atoms with Crippen molar-refractivity contribution in [3.63, 3.8) is 0 Å². The summed E-state index contributed by atoms with van der Waals surface area (Å²) in [6.45, 7) is 1.98. The van der Waals surface area contributed by atoms with E-state index < -0.39 is 30.2 Å². The number of rotatable bonds is 5. The van der Waals surface area contributed by atoms with Crippen LogP contribution in [0.2, 0.25) is 0 Å². The maximum atomic E-state index is 13.5. The van der Waals surface area contributed by atoms with E-state index in [0.717, 1.165) is 31.4 Å². The van der Waals surface area contributed by atoms with Crippen LogP contribution >= 0.6 is 0 Å². The lowest BCUT2D eigenvalue weighted by Gasteiger charge is -2.29. The first-order valence-corrected chi connectivity index (χ1v) is 6.92. The van der Waals surface area contributed by atoms with E-state index in [2.05, 4.69) is 6.92 Å². The lowest BCUT2D eigenvalue weighted by atomic mass is 10.0. The summed E-state index contributed by atoms with van der Waals surface area (Å²) in [6, 6.07) is 2.16. The topological polar surface area (TPSA) is 18.5 Å². The van der Waals surface area contributed by atoms with E-state index in [-0.39, 0.29) is 5.56 Å². The molecule has 1 aliphatic rings. The van der Waals surface area contributed by atoms with Crippen molar-refractivity contribution >= 4 is 0 Å². The van der Waals surface area contributed by atoms with Crippen molar-refractivity contribution < 1.29 is 22.6 Å². The van der Waals surface area contributed by atoms with Gasteiger partial charge in [0.05, 0.1) is 18.8 Å². The van der Waals surface area contributed by atoms with Crippen molar-refractivity contribution in [2.45, 2.75) is 39.2 Å². The van der Waals surface area contributed by atoms with E-state index in [1.165, 1.54) is 0 Å². The third-order valence-electron chi connectivity index (χ3n) is 3.50. The average Bonchev–Trinajstić information content (AvgIpc) is 2.45. The highest BCUT2D eigenvalue weighted by Crippen LogP contribution is 2.29. The van der Waals surface area contributed by atoms with Crippen LogP contribution in [0.4, 0.5) is 13.2 Å². The second-order valence-electron chi connectivity index (χ2n) is 5.10. The van der Waals surface area contributed by atoms with E-state index in [4.69, 9.17) is 9.47 Å². The van der Waals surface area contributed by atoms with Crippen molar-refractivity contribution in [1.82, 2.24) is 0 Å². The van der Waals surface area contributed by atoms with Crippen LogP contribution in [0.25, 0.3) is 0 Å². The van der Waals surface area contributed by atoms with Gasteiger partial charge in [0.2, 0.25) is 0 Å². The van der Waals surface area contributed by atoms with E-state index >= 15 is 0 Å². The van der Waals surface area contributed by atoms with E-state index in [9.17, 15) is 13.2 Å². The molecule has 0 aromatic heterocycles. The molecule has 0 bridgehead atoms. The van der Waals surface area contributed by atoms with Crippen LogP contribution in [-0.2, 0) is 16.1 Å². The largest absolute Gasteiger partial charge is 0.348 e. The fourth-order valence-electron chi connectivity index (χ4n) is 2.28. The van der Waals surface area contributed by atoms with Crippen LogP contribution in [0, 0.1) is 17.6 Å². The van der Waals surface area contributed by atoms with E-state index in [0.29, 0.717) is 19.1 Å². The number of alkyl halides is 1. The SMILES string of the molecule is CCCCC1COC(c2cc(F)c(CF)c(F)c2)OC1. The minimum Gasteiger partial charge on any atom is -0.348 e. The molecule has 5 heteroatoms. The molecular formula is C15H19F3O2. The molecule has 0 amide bonds. The van der Waals surface area contributed by atoms with Gasteiger partial charge in [0, 0.05) is 11.5 Å². The molecule has 2 rings (SSSR count). The molecule has 1 aromatic carbocycles. The molecule has 0 spiro atoms. The lowest BCUT2D eigenvalue weighted by molar-refractivity contribution is -0.206. The van der Waals surface area contributed by atoms with Gasteiger partial charge in [-0.25, -0.2) is 13.2 Å². The first kappa shape index (κ1) is 15.3. The molecule has 0 saturated carbocycles. The summed E-state index contributed by atoms with van der Waals surface area (Å²) in [6.07, 6.45) is 2.47. The molecule has 0 aliphatic carbocycles. The highest BCUT2D eigenvalue weighted by Gasteiger charge is 2.25. The summed E-state index contributed by atoms with van der Waals surface area (Å²) >= 11 is 0. The van der Waals surface area contributed by atoms with Gasteiger partial charge in [-0.2, -0.15) is 0 Å². The number of hydrogen-bond donors (Lipinski definition) is 0. The first-order valence-electron chi connectivity index (χ1n) is 6.92. The van der Waals surface area contributed by atoms with E-state index in [1.807, 2.05) is 0 Å². The summed E-state index contributed by atoms with van der Waals surface area (Å²) in [5.74, 6) is -1.48. The Hall–Kier alpha value is -1.07. The molecule has 0 N–H and O–H groups in total. The summed E-state index contributed by atoms with van der Waals surface area (Å²) in [5.41, 5.74) is -0.295. The van der Waals surface area contributed by atoms with Gasteiger partial charge < -0.3 is 9.47 Å². The predicted molar refractivity (Wildman–Crippen MR) is 68.8 cm³/mol. The Morgan fingerprint density at radius 2 is 1.75 bits per heavy atom. The minimum atomic E-state index is -1.16. The molecular weight excluding hydrogens is 269 g/mol. The molecule has 0 unspecified atom stereocenters. The molecule has 1 fully saturated rings. The fourth-order valence-corrected chi connectivity index (χ4v) is 2.28. The third kappa shape index (κ3) is 3.52. The van der Waals surface area contributed by atoms with Crippen LogP contribution in [0.5, 0.6) is 0 Å². The van der Waals surface area contributed by atoms with Crippen LogP contribution in [0.15, 0.2) is 12.1 Å². The zero-order chi connectivity index (χ0) is 14.5. The minimum absolute atomic E-state index is 0.256. The normalized spacial score (nSPS) is 23.0. The number of ether oxygens (including phenoxy) is 2. The van der Waals surface area contributed by atoms with Crippen molar-refractivity contribution in [3.05, 3.63) is 34.9 Å². The third-order valence-corrected chi connectivity index (χ3v) is 3.50. The van der Waals surface area contributed by atoms with Gasteiger partial charge in [0.1, 0.15) is 18.3 Å². The lowest BCUT2D eigenvalue weighted by Crippen LogP contribution is -2.27. The molecule has 0 radical (unpaired) electrons. The molecule has 1 aliphatic heterocycles. The molecule has 20 heavy (non-hydrogen) atoms. The molecule has 2 nitrogen and oxygen atoms in total. The summed E-state index contributed by atoms with van der Waals surface area (Å²) in [7, 11) is 0. The Balaban J connectivity index is 2.00. The number of benzene rings is 1. The molecule has 1 saturated heterocycles. The predicted octanol–water partition coefficient (Wildman–Crippen LogP) is 4.29. The van der Waals surface area contributed by atoms with Gasteiger partial charge in [-0.1, -0.05) is 19.8 Å². The summed E-state index contributed by atoms with van der Waals surface area (Å²) in [4.78, 5) is 0. The standard InChI is InChI=1S/C15H19F3O2/c1-2-3-4-10-8-19-15(20-9-10)11-5-13(17)12(7-16)14(18)6-11/h5-6,10,15H,2-4,7-9H2,1H3. The summed E-state index contributed by atoms with van der Waals surface area (Å²) < 4.78 is 50.5. The zero-order valence-corrected chi connectivity index (χ0v) is 11.5. The summed E-state index contributed by atoms with van der Waals surface area (Å²) in [5, 5.41) is 0. The number of halogens is 3. The second-order valence-corrected chi connectivity index (χ2v) is 5.10. The Morgan fingerprint density at radius 3 is 2.25 bits per heavy atom. The quantitative estimate of drug-likeness (QED) is 0.805. The van der Waals surface area contributed by atoms with Crippen molar-refractivity contribution in [2.24, 2.45) is 5.92 Å².